The molecule has 0 unspecified atom stereocenters. The van der Waals surface area contributed by atoms with Crippen molar-refractivity contribution in [1.29, 1.82) is 0 Å². The molecule has 0 radical (unpaired) electrons. The van der Waals surface area contributed by atoms with Gasteiger partial charge in [-0.05, 0) is 32.9 Å². The van der Waals surface area contributed by atoms with Crippen LogP contribution in [0.3, 0.4) is 0 Å². The van der Waals surface area contributed by atoms with Gasteiger partial charge in [-0.15, -0.1) is 11.8 Å². The van der Waals surface area contributed by atoms with E-state index in [0.29, 0.717) is 17.3 Å². The van der Waals surface area contributed by atoms with E-state index in [-0.39, 0.29) is 11.7 Å². The number of carbonyl (C=O) groups is 3. The highest BCUT2D eigenvalue weighted by Gasteiger charge is 2.21. The molecule has 2 atom stereocenters. The van der Waals surface area contributed by atoms with E-state index in [1.165, 1.54) is 6.92 Å². The Bertz CT molecular complexity index is 793. The maximum atomic E-state index is 12.0. The molecule has 0 aliphatic carbocycles. The molecule has 144 valence electrons. The second-order valence-electron chi connectivity index (χ2n) is 5.75. The van der Waals surface area contributed by atoms with E-state index in [2.05, 4.69) is 15.8 Å². The third-order valence-electron chi connectivity index (χ3n) is 3.42. The van der Waals surface area contributed by atoms with Crippen molar-refractivity contribution in [2.45, 2.75) is 32.1 Å². The van der Waals surface area contributed by atoms with Crippen LogP contribution in [0.2, 0.25) is 0 Å². The van der Waals surface area contributed by atoms with Gasteiger partial charge in [0.2, 0.25) is 5.91 Å². The summed E-state index contributed by atoms with van der Waals surface area (Å²) in [4.78, 5) is 36.0. The number of aromatic nitrogens is 1. The van der Waals surface area contributed by atoms with Crippen molar-refractivity contribution in [1.82, 2.24) is 5.16 Å². The van der Waals surface area contributed by atoms with Crippen molar-refractivity contribution >= 4 is 41.1 Å². The summed E-state index contributed by atoms with van der Waals surface area (Å²) in [6, 6.07) is 10.5. The molecular formula is C18H21N3O5S. The Morgan fingerprint density at radius 2 is 1.85 bits per heavy atom. The Labute approximate surface area is 161 Å². The number of carbonyl (C=O) groups excluding carboxylic acids is 3. The average Bonchev–Trinajstić information content (AvgIpc) is 3.05. The van der Waals surface area contributed by atoms with E-state index in [9.17, 15) is 14.4 Å². The fraction of sp³-hybridized carbons (Fsp3) is 0.333. The summed E-state index contributed by atoms with van der Waals surface area (Å²) in [6.45, 7) is 4.86. The van der Waals surface area contributed by atoms with Crippen molar-refractivity contribution in [2.24, 2.45) is 0 Å². The van der Waals surface area contributed by atoms with Gasteiger partial charge in [-0.3, -0.25) is 14.4 Å². The second-order valence-corrected chi connectivity index (χ2v) is 7.08. The van der Waals surface area contributed by atoms with Gasteiger partial charge in [0.05, 0.1) is 11.0 Å². The van der Waals surface area contributed by atoms with Crippen molar-refractivity contribution in [3.8, 4) is 0 Å². The number of nitrogens with one attached hydrogen (secondary N) is 2. The first kappa shape index (κ1) is 20.5. The molecule has 0 spiro atoms. The number of ether oxygens (including phenoxy) is 1. The number of nitrogens with zero attached hydrogens (tertiary/aromatic N) is 1. The highest BCUT2D eigenvalue weighted by Crippen LogP contribution is 2.15. The highest BCUT2D eigenvalue weighted by atomic mass is 32.2. The number of amides is 2. The zero-order chi connectivity index (χ0) is 19.8. The normalized spacial score (nSPS) is 12.7. The van der Waals surface area contributed by atoms with Gasteiger partial charge < -0.3 is 19.9 Å². The molecular weight excluding hydrogens is 370 g/mol. The molecule has 2 amide bonds. The number of hydrogen-bond acceptors (Lipinski definition) is 7. The number of esters is 1. The smallest absolute Gasteiger partial charge is 0.316 e. The van der Waals surface area contributed by atoms with Gasteiger partial charge in [-0.1, -0.05) is 23.4 Å². The zero-order valence-corrected chi connectivity index (χ0v) is 16.0. The van der Waals surface area contributed by atoms with Crippen LogP contribution in [0.1, 0.15) is 19.6 Å². The number of rotatable bonds is 8. The molecule has 9 heteroatoms. The fourth-order valence-corrected chi connectivity index (χ4v) is 2.64. The highest BCUT2D eigenvalue weighted by molar-refractivity contribution is 8.01. The molecule has 1 aromatic heterocycles. The molecule has 1 heterocycles. The van der Waals surface area contributed by atoms with Crippen molar-refractivity contribution in [2.75, 3.05) is 16.4 Å². The molecule has 1 aromatic carbocycles. The number of thioether (sulfide) groups is 1. The van der Waals surface area contributed by atoms with Crippen LogP contribution in [-0.2, 0) is 19.1 Å². The van der Waals surface area contributed by atoms with Crippen LogP contribution in [0.5, 0.6) is 0 Å². The number of hydrogen-bond donors (Lipinski definition) is 2. The van der Waals surface area contributed by atoms with Crippen molar-refractivity contribution < 1.29 is 23.6 Å². The lowest BCUT2D eigenvalue weighted by Gasteiger charge is -2.14. The van der Waals surface area contributed by atoms with Gasteiger partial charge >= 0.3 is 5.97 Å². The van der Waals surface area contributed by atoms with E-state index in [4.69, 9.17) is 9.26 Å². The molecule has 27 heavy (non-hydrogen) atoms. The fourth-order valence-electron chi connectivity index (χ4n) is 1.97. The standard InChI is InChI=1S/C18H21N3O5S/c1-11-9-15(21-26-11)20-18(24)13(3)27-10-16(22)25-12(2)17(23)19-14-7-5-4-6-8-14/h4-9,12-13H,10H2,1-3H3,(H,19,23)(H,20,21,24)/t12-,13-/m1/s1. The van der Waals surface area contributed by atoms with Crippen LogP contribution in [0.25, 0.3) is 0 Å². The topological polar surface area (TPSA) is 111 Å². The molecule has 2 aromatic rings. The molecule has 0 bridgehead atoms. The van der Waals surface area contributed by atoms with Gasteiger partial charge in [-0.2, -0.15) is 0 Å². The monoisotopic (exact) mass is 391 g/mol. The van der Waals surface area contributed by atoms with Gasteiger partial charge in [-0.25, -0.2) is 0 Å². The van der Waals surface area contributed by atoms with E-state index < -0.39 is 23.2 Å². The molecule has 0 aliphatic heterocycles. The molecule has 2 rings (SSSR count). The lowest BCUT2D eigenvalue weighted by atomic mass is 10.3. The minimum absolute atomic E-state index is 0.0601. The first-order valence-electron chi connectivity index (χ1n) is 8.26. The summed E-state index contributed by atoms with van der Waals surface area (Å²) < 4.78 is 9.97. The summed E-state index contributed by atoms with van der Waals surface area (Å²) >= 11 is 1.10. The van der Waals surface area contributed by atoms with Crippen molar-refractivity contribution in [3.63, 3.8) is 0 Å². The quantitative estimate of drug-likeness (QED) is 0.666. The number of anilines is 2. The Kier molecular flexibility index (Phi) is 7.42. The second kappa shape index (κ2) is 9.77. The maximum Gasteiger partial charge on any atom is 0.316 e. The van der Waals surface area contributed by atoms with E-state index >= 15 is 0 Å². The van der Waals surface area contributed by atoms with Crippen molar-refractivity contribution in [3.05, 3.63) is 42.2 Å². The van der Waals surface area contributed by atoms with Crippen LogP contribution in [0.15, 0.2) is 40.9 Å². The lowest BCUT2D eigenvalue weighted by Crippen LogP contribution is -2.31. The van der Waals surface area contributed by atoms with Crippen LogP contribution in [0, 0.1) is 6.92 Å². The molecule has 0 saturated carbocycles. The summed E-state index contributed by atoms with van der Waals surface area (Å²) in [6.07, 6.45) is -0.944. The third-order valence-corrected chi connectivity index (χ3v) is 4.53. The Morgan fingerprint density at radius 1 is 1.15 bits per heavy atom. The SMILES string of the molecule is Cc1cc(NC(=O)[C@@H](C)SCC(=O)O[C@H](C)C(=O)Nc2ccccc2)no1. The van der Waals surface area contributed by atoms with E-state index in [0.717, 1.165) is 11.8 Å². The zero-order valence-electron chi connectivity index (χ0n) is 15.2. The van der Waals surface area contributed by atoms with Gasteiger partial charge in [0.1, 0.15) is 5.76 Å². The minimum atomic E-state index is -0.944. The minimum Gasteiger partial charge on any atom is -0.452 e. The van der Waals surface area contributed by atoms with E-state index in [1.807, 2.05) is 6.07 Å². The Hall–Kier alpha value is -2.81. The number of para-hydroxylation sites is 1. The summed E-state index contributed by atoms with van der Waals surface area (Å²) in [5, 5.41) is 8.41. The predicted octanol–water partition coefficient (Wildman–Crippen LogP) is 2.61. The van der Waals surface area contributed by atoms with Crippen LogP contribution in [-0.4, -0.2) is 40.0 Å². The van der Waals surface area contributed by atoms with Gasteiger partial charge in [0.25, 0.3) is 5.91 Å². The average molecular weight is 391 g/mol. The molecule has 0 aliphatic rings. The summed E-state index contributed by atoms with van der Waals surface area (Å²) in [7, 11) is 0. The molecule has 0 saturated heterocycles. The van der Waals surface area contributed by atoms with E-state index in [1.54, 1.807) is 44.2 Å². The summed E-state index contributed by atoms with van der Waals surface area (Å²) in [5.74, 6) is -0.471. The molecule has 8 nitrogen and oxygen atoms in total. The predicted molar refractivity (Wildman–Crippen MR) is 102 cm³/mol. The van der Waals surface area contributed by atoms with Crippen LogP contribution in [0.4, 0.5) is 11.5 Å². The van der Waals surface area contributed by atoms with Gasteiger partial charge in [0.15, 0.2) is 11.9 Å². The van der Waals surface area contributed by atoms with Gasteiger partial charge in [0, 0.05) is 11.8 Å². The molecule has 2 N–H and O–H groups in total. The Morgan fingerprint density at radius 3 is 2.48 bits per heavy atom. The summed E-state index contributed by atoms with van der Waals surface area (Å²) in [5.41, 5.74) is 0.619. The molecule has 0 fully saturated rings. The Balaban J connectivity index is 1.72. The van der Waals surface area contributed by atoms with Crippen LogP contribution < -0.4 is 10.6 Å². The first-order valence-corrected chi connectivity index (χ1v) is 9.31. The van der Waals surface area contributed by atoms with Crippen LogP contribution >= 0.6 is 11.8 Å². The maximum absolute atomic E-state index is 12.0. The number of aryl methyl sites for hydroxylation is 1. The first-order chi connectivity index (χ1) is 12.8. The number of benzene rings is 1. The third kappa shape index (κ3) is 6.78. The lowest BCUT2D eigenvalue weighted by molar-refractivity contribution is -0.150. The largest absolute Gasteiger partial charge is 0.452 e.